The van der Waals surface area contributed by atoms with Crippen LogP contribution in [0.3, 0.4) is 0 Å². The van der Waals surface area contributed by atoms with Crippen LogP contribution in [0.5, 0.6) is 0 Å². The zero-order chi connectivity index (χ0) is 9.68. The van der Waals surface area contributed by atoms with E-state index in [1.54, 1.807) is 18.8 Å². The summed E-state index contributed by atoms with van der Waals surface area (Å²) >= 11 is 1.70. The molecule has 0 heterocycles. The highest BCUT2D eigenvalue weighted by atomic mass is 32.2. The van der Waals surface area contributed by atoms with Crippen molar-refractivity contribution >= 4 is 11.8 Å². The van der Waals surface area contributed by atoms with Crippen LogP contribution >= 0.6 is 11.8 Å². The highest BCUT2D eigenvalue weighted by Gasteiger charge is 2.05. The molecule has 0 bridgehead atoms. The molecular weight excluding hydrogens is 180 g/mol. The Morgan fingerprint density at radius 1 is 1.38 bits per heavy atom. The quantitative estimate of drug-likeness (QED) is 0.746. The summed E-state index contributed by atoms with van der Waals surface area (Å²) in [5.41, 5.74) is 1.02. The summed E-state index contributed by atoms with van der Waals surface area (Å²) in [5, 5.41) is 11.7. The summed E-state index contributed by atoms with van der Waals surface area (Å²) in [6.07, 6.45) is 2.04. The van der Waals surface area contributed by atoms with Crippen LogP contribution in [0.25, 0.3) is 0 Å². The van der Waals surface area contributed by atoms with Gasteiger partial charge in [-0.15, -0.1) is 11.8 Å². The van der Waals surface area contributed by atoms with E-state index >= 15 is 0 Å². The Hall–Kier alpha value is -0.980. The molecule has 1 rings (SSSR count). The summed E-state index contributed by atoms with van der Waals surface area (Å²) in [6, 6.07) is 10.0. The second kappa shape index (κ2) is 4.90. The Kier molecular flexibility index (Phi) is 3.81. The summed E-state index contributed by atoms with van der Waals surface area (Å²) in [4.78, 5) is 1.22. The zero-order valence-electron chi connectivity index (χ0n) is 7.74. The number of hydrogen-bond acceptors (Lipinski definition) is 3. The number of nitrogens with one attached hydrogen (secondary N) is 1. The van der Waals surface area contributed by atoms with Crippen molar-refractivity contribution in [1.29, 1.82) is 5.26 Å². The van der Waals surface area contributed by atoms with E-state index in [9.17, 15) is 0 Å². The van der Waals surface area contributed by atoms with Crippen molar-refractivity contribution in [3.63, 3.8) is 0 Å². The van der Waals surface area contributed by atoms with Crippen molar-refractivity contribution in [3.8, 4) is 6.07 Å². The molecule has 0 spiro atoms. The van der Waals surface area contributed by atoms with Gasteiger partial charge in [0.2, 0.25) is 0 Å². The molecule has 0 saturated heterocycles. The maximum absolute atomic E-state index is 8.79. The van der Waals surface area contributed by atoms with Gasteiger partial charge in [0, 0.05) is 4.90 Å². The van der Waals surface area contributed by atoms with Crippen LogP contribution in [0.1, 0.15) is 11.6 Å². The van der Waals surface area contributed by atoms with Crippen molar-refractivity contribution < 1.29 is 0 Å². The van der Waals surface area contributed by atoms with E-state index in [0.717, 1.165) is 5.56 Å². The van der Waals surface area contributed by atoms with Crippen molar-refractivity contribution in [3.05, 3.63) is 29.8 Å². The fourth-order valence-electron chi connectivity index (χ4n) is 1.10. The van der Waals surface area contributed by atoms with Crippen LogP contribution in [0.15, 0.2) is 29.2 Å². The normalized spacial score (nSPS) is 12.1. The predicted octanol–water partition coefficient (Wildman–Crippen LogP) is 2.19. The molecule has 0 amide bonds. The standard InChI is InChI=1S/C10H12N2S/c1-12-10(7-11)8-3-5-9(13-2)6-4-8/h3-6,10,12H,1-2H3. The molecule has 0 aliphatic rings. The second-order valence-electron chi connectivity index (χ2n) is 2.62. The van der Waals surface area contributed by atoms with Crippen LogP contribution in [0.4, 0.5) is 0 Å². The molecule has 0 aliphatic carbocycles. The average molecular weight is 192 g/mol. The van der Waals surface area contributed by atoms with Crippen LogP contribution in [0.2, 0.25) is 0 Å². The molecule has 1 aromatic carbocycles. The first kappa shape index (κ1) is 10.1. The van der Waals surface area contributed by atoms with E-state index in [0.29, 0.717) is 0 Å². The molecule has 3 heteroatoms. The van der Waals surface area contributed by atoms with Gasteiger partial charge < -0.3 is 5.32 Å². The third-order valence-electron chi connectivity index (χ3n) is 1.87. The third kappa shape index (κ3) is 2.48. The SMILES string of the molecule is CNC(C#N)c1ccc(SC)cc1. The van der Waals surface area contributed by atoms with Gasteiger partial charge in [-0.25, -0.2) is 0 Å². The van der Waals surface area contributed by atoms with Crippen molar-refractivity contribution in [2.45, 2.75) is 10.9 Å². The third-order valence-corrected chi connectivity index (χ3v) is 2.61. The van der Waals surface area contributed by atoms with Gasteiger partial charge in [0.1, 0.15) is 6.04 Å². The number of nitriles is 1. The monoisotopic (exact) mass is 192 g/mol. The zero-order valence-corrected chi connectivity index (χ0v) is 8.56. The fourth-order valence-corrected chi connectivity index (χ4v) is 1.51. The summed E-state index contributed by atoms with van der Waals surface area (Å²) in [5.74, 6) is 0. The van der Waals surface area contributed by atoms with Gasteiger partial charge in [-0.1, -0.05) is 12.1 Å². The van der Waals surface area contributed by atoms with E-state index in [2.05, 4.69) is 11.4 Å². The summed E-state index contributed by atoms with van der Waals surface area (Å²) in [7, 11) is 1.79. The molecule has 2 nitrogen and oxygen atoms in total. The van der Waals surface area contributed by atoms with Gasteiger partial charge >= 0.3 is 0 Å². The molecule has 1 atom stereocenters. The number of nitrogens with zero attached hydrogens (tertiary/aromatic N) is 1. The van der Waals surface area contributed by atoms with Crippen LogP contribution in [-0.2, 0) is 0 Å². The number of thioether (sulfide) groups is 1. The Labute approximate surface area is 83.0 Å². The van der Waals surface area contributed by atoms with E-state index in [1.165, 1.54) is 4.90 Å². The molecule has 1 N–H and O–H groups in total. The largest absolute Gasteiger partial charge is 0.301 e. The molecule has 68 valence electrons. The maximum atomic E-state index is 8.79. The Morgan fingerprint density at radius 3 is 2.38 bits per heavy atom. The van der Waals surface area contributed by atoms with Gasteiger partial charge in [0.05, 0.1) is 6.07 Å². The topological polar surface area (TPSA) is 35.8 Å². The molecule has 1 unspecified atom stereocenters. The Bertz CT molecular complexity index is 300. The fraction of sp³-hybridized carbons (Fsp3) is 0.300. The molecule has 1 aromatic rings. The Morgan fingerprint density at radius 2 is 2.00 bits per heavy atom. The first-order valence-corrected chi connectivity index (χ1v) is 5.25. The summed E-state index contributed by atoms with van der Waals surface area (Å²) < 4.78 is 0. The van der Waals surface area contributed by atoms with Crippen molar-refractivity contribution in [1.82, 2.24) is 5.32 Å². The molecule has 0 radical (unpaired) electrons. The van der Waals surface area contributed by atoms with E-state index in [1.807, 2.05) is 30.5 Å². The highest BCUT2D eigenvalue weighted by Crippen LogP contribution is 2.18. The first-order chi connectivity index (χ1) is 6.31. The molecule has 0 fully saturated rings. The van der Waals surface area contributed by atoms with Gasteiger partial charge in [0.15, 0.2) is 0 Å². The lowest BCUT2D eigenvalue weighted by Crippen LogP contribution is -2.13. The minimum atomic E-state index is -0.198. The van der Waals surface area contributed by atoms with Gasteiger partial charge in [-0.05, 0) is 31.0 Å². The van der Waals surface area contributed by atoms with E-state index in [4.69, 9.17) is 5.26 Å². The molecule has 0 saturated carbocycles. The van der Waals surface area contributed by atoms with Gasteiger partial charge in [-0.2, -0.15) is 5.26 Å². The molecular formula is C10H12N2S. The first-order valence-electron chi connectivity index (χ1n) is 4.02. The lowest BCUT2D eigenvalue weighted by Gasteiger charge is -2.07. The van der Waals surface area contributed by atoms with E-state index < -0.39 is 0 Å². The maximum Gasteiger partial charge on any atom is 0.121 e. The molecule has 0 aromatic heterocycles. The predicted molar refractivity (Wildman–Crippen MR) is 55.6 cm³/mol. The number of benzene rings is 1. The lowest BCUT2D eigenvalue weighted by molar-refractivity contribution is 0.726. The highest BCUT2D eigenvalue weighted by molar-refractivity contribution is 7.98. The van der Waals surface area contributed by atoms with E-state index in [-0.39, 0.29) is 6.04 Å². The number of rotatable bonds is 3. The average Bonchev–Trinajstić information content (AvgIpc) is 2.21. The smallest absolute Gasteiger partial charge is 0.121 e. The van der Waals surface area contributed by atoms with Crippen molar-refractivity contribution in [2.24, 2.45) is 0 Å². The van der Waals surface area contributed by atoms with Crippen LogP contribution in [-0.4, -0.2) is 13.3 Å². The number of hydrogen-bond donors (Lipinski definition) is 1. The summed E-state index contributed by atoms with van der Waals surface area (Å²) in [6.45, 7) is 0. The van der Waals surface area contributed by atoms with Crippen LogP contribution < -0.4 is 5.32 Å². The lowest BCUT2D eigenvalue weighted by atomic mass is 10.1. The molecule has 0 aliphatic heterocycles. The van der Waals surface area contributed by atoms with Crippen molar-refractivity contribution in [2.75, 3.05) is 13.3 Å². The Balaban J connectivity index is 2.86. The minimum Gasteiger partial charge on any atom is -0.301 e. The van der Waals surface area contributed by atoms with Crippen LogP contribution in [0, 0.1) is 11.3 Å². The molecule has 13 heavy (non-hydrogen) atoms. The second-order valence-corrected chi connectivity index (χ2v) is 3.50. The van der Waals surface area contributed by atoms with Gasteiger partial charge in [-0.3, -0.25) is 0 Å². The minimum absolute atomic E-state index is 0.198. The van der Waals surface area contributed by atoms with Gasteiger partial charge in [0.25, 0.3) is 0 Å².